The van der Waals surface area contributed by atoms with E-state index in [9.17, 15) is 19.2 Å². The van der Waals surface area contributed by atoms with Crippen LogP contribution in [0.1, 0.15) is 32.1 Å². The summed E-state index contributed by atoms with van der Waals surface area (Å²) in [6.07, 6.45) is 9.62. The highest BCUT2D eigenvalue weighted by Crippen LogP contribution is 2.30. The van der Waals surface area contributed by atoms with Gasteiger partial charge in [-0.3, -0.25) is 29.8 Å². The predicted molar refractivity (Wildman–Crippen MR) is 70.1 cm³/mol. The van der Waals surface area contributed by atoms with E-state index in [4.69, 9.17) is 0 Å². The summed E-state index contributed by atoms with van der Waals surface area (Å²) in [5.41, 5.74) is 0.713. The Hall–Kier alpha value is -2.24. The second-order valence-corrected chi connectivity index (χ2v) is 4.94. The third kappa shape index (κ3) is 3.63. The number of imide groups is 2. The third-order valence-electron chi connectivity index (χ3n) is 3.46. The quantitative estimate of drug-likeness (QED) is 0.676. The topological polar surface area (TPSA) is 92.3 Å². The standard InChI is InChI=1S/C10H13NO2.C4H3NO2/c12-9-6-8(10(13)11-9)7-4-2-1-3-5-7;6-3-1-2-4(7)5-3/h6-7H,1-5H2,(H,11,12,13);1-2H,(H,5,6,7). The summed E-state index contributed by atoms with van der Waals surface area (Å²) < 4.78 is 0. The number of hydrogen-bond donors (Lipinski definition) is 2. The van der Waals surface area contributed by atoms with Gasteiger partial charge in [-0.1, -0.05) is 19.3 Å². The molecule has 0 aromatic heterocycles. The molecule has 0 radical (unpaired) electrons. The highest BCUT2D eigenvalue weighted by atomic mass is 16.2. The van der Waals surface area contributed by atoms with Crippen molar-refractivity contribution in [3.8, 4) is 0 Å². The highest BCUT2D eigenvalue weighted by Gasteiger charge is 2.28. The van der Waals surface area contributed by atoms with Gasteiger partial charge in [-0.2, -0.15) is 0 Å². The molecule has 1 fully saturated rings. The highest BCUT2D eigenvalue weighted by molar-refractivity contribution is 6.16. The van der Waals surface area contributed by atoms with Gasteiger partial charge >= 0.3 is 0 Å². The lowest BCUT2D eigenvalue weighted by Gasteiger charge is -2.21. The fourth-order valence-corrected chi connectivity index (χ4v) is 2.50. The van der Waals surface area contributed by atoms with Gasteiger partial charge in [-0.05, 0) is 18.8 Å². The molecule has 2 aliphatic heterocycles. The van der Waals surface area contributed by atoms with Crippen LogP contribution in [0.15, 0.2) is 23.8 Å². The first-order chi connectivity index (χ1) is 9.56. The van der Waals surface area contributed by atoms with Crippen LogP contribution in [0.3, 0.4) is 0 Å². The van der Waals surface area contributed by atoms with Gasteiger partial charge in [-0.25, -0.2) is 0 Å². The van der Waals surface area contributed by atoms with E-state index in [0.717, 1.165) is 12.8 Å². The number of hydrogen-bond acceptors (Lipinski definition) is 4. The molecule has 0 aromatic rings. The van der Waals surface area contributed by atoms with Gasteiger partial charge in [0.2, 0.25) is 0 Å². The smallest absolute Gasteiger partial charge is 0.254 e. The van der Waals surface area contributed by atoms with Crippen LogP contribution in [-0.2, 0) is 19.2 Å². The maximum Gasteiger partial charge on any atom is 0.254 e. The minimum atomic E-state index is -0.329. The Bertz CT molecular complexity index is 497. The van der Waals surface area contributed by atoms with Crippen LogP contribution in [0.4, 0.5) is 0 Å². The Kier molecular flexibility index (Phi) is 4.45. The molecular formula is C14H16N2O4. The van der Waals surface area contributed by atoms with Crippen molar-refractivity contribution in [2.75, 3.05) is 0 Å². The molecule has 6 heteroatoms. The summed E-state index contributed by atoms with van der Waals surface area (Å²) in [7, 11) is 0. The van der Waals surface area contributed by atoms with Crippen LogP contribution < -0.4 is 10.6 Å². The fourth-order valence-electron chi connectivity index (χ4n) is 2.50. The van der Waals surface area contributed by atoms with E-state index in [1.807, 2.05) is 5.32 Å². The maximum absolute atomic E-state index is 11.3. The predicted octanol–water partition coefficient (Wildman–Crippen LogP) is 0.348. The van der Waals surface area contributed by atoms with Gasteiger partial charge in [0.1, 0.15) is 0 Å². The van der Waals surface area contributed by atoms with Gasteiger partial charge in [0.15, 0.2) is 0 Å². The summed E-state index contributed by atoms with van der Waals surface area (Å²) in [4.78, 5) is 42.3. The molecule has 2 heterocycles. The lowest BCUT2D eigenvalue weighted by atomic mass is 9.84. The monoisotopic (exact) mass is 276 g/mol. The van der Waals surface area contributed by atoms with E-state index < -0.39 is 0 Å². The van der Waals surface area contributed by atoms with E-state index in [1.54, 1.807) is 0 Å². The van der Waals surface area contributed by atoms with Gasteiger partial charge < -0.3 is 0 Å². The minimum absolute atomic E-state index is 0.170. The largest absolute Gasteiger partial charge is 0.289 e. The van der Waals surface area contributed by atoms with Crippen LogP contribution in [-0.4, -0.2) is 23.6 Å². The molecule has 2 N–H and O–H groups in total. The van der Waals surface area contributed by atoms with E-state index in [-0.39, 0.29) is 23.6 Å². The lowest BCUT2D eigenvalue weighted by Crippen LogP contribution is -2.24. The van der Waals surface area contributed by atoms with Crippen LogP contribution in [0, 0.1) is 5.92 Å². The first kappa shape index (κ1) is 14.2. The molecule has 4 amide bonds. The molecule has 106 valence electrons. The molecule has 1 saturated carbocycles. The van der Waals surface area contributed by atoms with Crippen molar-refractivity contribution in [2.45, 2.75) is 32.1 Å². The van der Waals surface area contributed by atoms with Gasteiger partial charge in [0.05, 0.1) is 0 Å². The molecule has 3 rings (SSSR count). The zero-order valence-corrected chi connectivity index (χ0v) is 11.0. The second-order valence-electron chi connectivity index (χ2n) is 4.94. The van der Waals surface area contributed by atoms with Crippen LogP contribution in [0.25, 0.3) is 0 Å². The summed E-state index contributed by atoms with van der Waals surface area (Å²) in [5, 5.41) is 4.32. The molecule has 20 heavy (non-hydrogen) atoms. The lowest BCUT2D eigenvalue weighted by molar-refractivity contribution is -0.125. The number of amides is 4. The molecule has 0 atom stereocenters. The van der Waals surface area contributed by atoms with Gasteiger partial charge in [-0.15, -0.1) is 0 Å². The molecule has 3 aliphatic rings. The van der Waals surface area contributed by atoms with Crippen LogP contribution in [0.5, 0.6) is 0 Å². The van der Waals surface area contributed by atoms with Crippen molar-refractivity contribution < 1.29 is 19.2 Å². The first-order valence-electron chi connectivity index (χ1n) is 6.66. The van der Waals surface area contributed by atoms with Gasteiger partial charge in [0.25, 0.3) is 23.6 Å². The average Bonchev–Trinajstić information content (AvgIpc) is 2.96. The molecule has 0 spiro atoms. The van der Waals surface area contributed by atoms with E-state index >= 15 is 0 Å². The fraction of sp³-hybridized carbons (Fsp3) is 0.429. The van der Waals surface area contributed by atoms with Crippen molar-refractivity contribution in [1.29, 1.82) is 0 Å². The molecule has 0 saturated heterocycles. The third-order valence-corrected chi connectivity index (χ3v) is 3.46. The van der Waals surface area contributed by atoms with Crippen molar-refractivity contribution >= 4 is 23.6 Å². The average molecular weight is 276 g/mol. The Labute approximate surface area is 116 Å². The summed E-state index contributed by atoms with van der Waals surface area (Å²) in [6, 6.07) is 0. The number of nitrogens with one attached hydrogen (secondary N) is 2. The molecule has 6 nitrogen and oxygen atoms in total. The summed E-state index contributed by atoms with van der Waals surface area (Å²) in [5.74, 6) is -0.738. The molecule has 0 unspecified atom stereocenters. The van der Waals surface area contributed by atoms with Crippen molar-refractivity contribution in [1.82, 2.24) is 10.6 Å². The zero-order chi connectivity index (χ0) is 14.5. The Morgan fingerprint density at radius 1 is 0.800 bits per heavy atom. The Morgan fingerprint density at radius 2 is 1.40 bits per heavy atom. The Balaban J connectivity index is 0.000000178. The molecular weight excluding hydrogens is 260 g/mol. The van der Waals surface area contributed by atoms with Crippen LogP contribution >= 0.6 is 0 Å². The van der Waals surface area contributed by atoms with Gasteiger partial charge in [0, 0.05) is 23.8 Å². The van der Waals surface area contributed by atoms with Crippen molar-refractivity contribution in [3.05, 3.63) is 23.8 Å². The number of carbonyl (C=O) groups excluding carboxylic acids is 4. The summed E-state index contributed by atoms with van der Waals surface area (Å²) in [6.45, 7) is 0. The molecule has 1 aliphatic carbocycles. The van der Waals surface area contributed by atoms with Crippen molar-refractivity contribution in [2.24, 2.45) is 5.92 Å². The second kappa shape index (κ2) is 6.27. The SMILES string of the molecule is O=C1C=C(C2CCCCC2)C(=O)N1.O=C1C=CC(=O)N1. The first-order valence-corrected chi connectivity index (χ1v) is 6.66. The normalized spacial score (nSPS) is 22.1. The van der Waals surface area contributed by atoms with E-state index in [2.05, 4.69) is 5.32 Å². The number of rotatable bonds is 1. The Morgan fingerprint density at radius 3 is 1.80 bits per heavy atom. The van der Waals surface area contributed by atoms with E-state index in [0.29, 0.717) is 11.5 Å². The van der Waals surface area contributed by atoms with Crippen LogP contribution in [0.2, 0.25) is 0 Å². The van der Waals surface area contributed by atoms with E-state index in [1.165, 1.54) is 37.5 Å². The summed E-state index contributed by atoms with van der Waals surface area (Å²) >= 11 is 0. The maximum atomic E-state index is 11.3. The number of carbonyl (C=O) groups is 4. The minimum Gasteiger partial charge on any atom is -0.289 e. The molecule has 0 aromatic carbocycles. The molecule has 0 bridgehead atoms. The van der Waals surface area contributed by atoms with Crippen molar-refractivity contribution in [3.63, 3.8) is 0 Å². The zero-order valence-electron chi connectivity index (χ0n) is 11.0.